The Bertz CT molecular complexity index is 459. The van der Waals surface area contributed by atoms with Gasteiger partial charge in [0.15, 0.2) is 5.69 Å². The molecule has 0 fully saturated rings. The van der Waals surface area contributed by atoms with Crippen LogP contribution in [0.2, 0.25) is 0 Å². The summed E-state index contributed by atoms with van der Waals surface area (Å²) in [6.45, 7) is 0. The number of imidazole rings is 1. The van der Waals surface area contributed by atoms with Crippen molar-refractivity contribution in [3.8, 4) is 0 Å². The number of fused-ring (bicyclic) bond motifs is 1. The zero-order chi connectivity index (χ0) is 8.72. The number of aromatic carboxylic acids is 1. The van der Waals surface area contributed by atoms with Crippen LogP contribution in [0, 0.1) is 0 Å². The molecule has 62 valence electrons. The van der Waals surface area contributed by atoms with Gasteiger partial charge in [-0.15, -0.1) is 0 Å². The molecule has 2 rings (SSSR count). The number of nitrogens with zero attached hydrogens (tertiary/aromatic N) is 2. The van der Waals surface area contributed by atoms with Crippen LogP contribution in [0.25, 0.3) is 4.96 Å². The van der Waals surface area contributed by atoms with Crippen LogP contribution in [0.5, 0.6) is 0 Å². The lowest BCUT2D eigenvalue weighted by Gasteiger charge is -1.79. The zero-order valence-electron chi connectivity index (χ0n) is 5.64. The van der Waals surface area contributed by atoms with E-state index < -0.39 is 5.97 Å². The Morgan fingerprint density at radius 3 is 3.08 bits per heavy atom. The minimum atomic E-state index is -1.10. The van der Waals surface area contributed by atoms with Gasteiger partial charge in [0.1, 0.15) is 0 Å². The lowest BCUT2D eigenvalue weighted by molar-refractivity contribution is 0.0691. The molecular formula is C5H3N3O3S. The Morgan fingerprint density at radius 2 is 2.50 bits per heavy atom. The number of carboxylic acids is 1. The third-order valence-corrected chi connectivity index (χ3v) is 2.04. The summed E-state index contributed by atoms with van der Waals surface area (Å²) in [6.07, 6.45) is 1.26. The second-order valence-electron chi connectivity index (χ2n) is 2.09. The summed E-state index contributed by atoms with van der Waals surface area (Å²) in [5, 5.41) is 10.9. The number of hydrogen-bond donors (Lipinski definition) is 2. The van der Waals surface area contributed by atoms with E-state index in [0.29, 0.717) is 4.96 Å². The van der Waals surface area contributed by atoms with E-state index >= 15 is 0 Å². The van der Waals surface area contributed by atoms with Gasteiger partial charge in [0, 0.05) is 0 Å². The van der Waals surface area contributed by atoms with Crippen LogP contribution < -0.4 is 4.87 Å². The van der Waals surface area contributed by atoms with Crippen molar-refractivity contribution >= 4 is 22.3 Å². The Balaban J connectivity index is 2.72. The highest BCUT2D eigenvalue weighted by Crippen LogP contribution is 2.04. The Kier molecular flexibility index (Phi) is 1.28. The smallest absolute Gasteiger partial charge is 0.356 e. The van der Waals surface area contributed by atoms with Gasteiger partial charge in [-0.05, 0) is 11.3 Å². The molecule has 0 radical (unpaired) electrons. The maximum atomic E-state index is 10.7. The Hall–Kier alpha value is -1.63. The molecule has 0 saturated carbocycles. The molecule has 2 aromatic heterocycles. The van der Waals surface area contributed by atoms with Gasteiger partial charge in [-0.1, -0.05) is 0 Å². The van der Waals surface area contributed by atoms with Crippen molar-refractivity contribution in [2.24, 2.45) is 0 Å². The van der Waals surface area contributed by atoms with Gasteiger partial charge in [0.05, 0.1) is 6.20 Å². The molecule has 0 aliphatic carbocycles. The number of H-pyrrole nitrogens is 1. The van der Waals surface area contributed by atoms with Gasteiger partial charge in [-0.25, -0.2) is 19.4 Å². The lowest BCUT2D eigenvalue weighted by Crippen LogP contribution is -1.98. The first kappa shape index (κ1) is 7.04. The summed E-state index contributed by atoms with van der Waals surface area (Å²) in [6, 6.07) is 0. The number of aromatic amines is 1. The molecule has 7 heteroatoms. The number of rotatable bonds is 1. The number of nitrogens with one attached hydrogen (secondary N) is 1. The van der Waals surface area contributed by atoms with Gasteiger partial charge in [0.25, 0.3) is 0 Å². The largest absolute Gasteiger partial charge is 0.476 e. The molecule has 6 nitrogen and oxygen atoms in total. The van der Waals surface area contributed by atoms with Gasteiger partial charge < -0.3 is 5.11 Å². The van der Waals surface area contributed by atoms with Crippen LogP contribution in [0.15, 0.2) is 11.0 Å². The van der Waals surface area contributed by atoms with E-state index in [1.54, 1.807) is 0 Å². The van der Waals surface area contributed by atoms with Crippen molar-refractivity contribution in [2.75, 3.05) is 0 Å². The monoisotopic (exact) mass is 185 g/mol. The summed E-state index contributed by atoms with van der Waals surface area (Å²) < 4.78 is 1.29. The van der Waals surface area contributed by atoms with Crippen LogP contribution in [0.3, 0.4) is 0 Å². The molecule has 0 amide bonds. The third kappa shape index (κ3) is 0.909. The van der Waals surface area contributed by atoms with Gasteiger partial charge in [-0.2, -0.15) is 0 Å². The number of carboxylic acid groups (broad SMARTS) is 1. The van der Waals surface area contributed by atoms with E-state index in [-0.39, 0.29) is 10.6 Å². The fourth-order valence-corrected chi connectivity index (χ4v) is 1.47. The van der Waals surface area contributed by atoms with Crippen molar-refractivity contribution in [1.82, 2.24) is 14.6 Å². The van der Waals surface area contributed by atoms with E-state index in [4.69, 9.17) is 5.11 Å². The Morgan fingerprint density at radius 1 is 1.75 bits per heavy atom. The SMILES string of the molecule is O=C(O)c1cn2[nH]c(=O)sc2n1. The van der Waals surface area contributed by atoms with Crippen molar-refractivity contribution in [2.45, 2.75) is 0 Å². The highest BCUT2D eigenvalue weighted by atomic mass is 32.1. The average Bonchev–Trinajstić information content (AvgIpc) is 2.42. The van der Waals surface area contributed by atoms with E-state index in [1.807, 2.05) is 0 Å². The second-order valence-corrected chi connectivity index (χ2v) is 3.03. The van der Waals surface area contributed by atoms with Gasteiger partial charge >= 0.3 is 10.8 Å². The fourth-order valence-electron chi connectivity index (χ4n) is 0.822. The van der Waals surface area contributed by atoms with Crippen molar-refractivity contribution < 1.29 is 9.90 Å². The molecule has 2 aromatic rings. The highest BCUT2D eigenvalue weighted by molar-refractivity contribution is 7.14. The first-order valence-corrected chi connectivity index (χ1v) is 3.80. The minimum absolute atomic E-state index is 0.0718. The number of carbonyl (C=O) groups is 1. The first-order valence-electron chi connectivity index (χ1n) is 2.98. The third-order valence-electron chi connectivity index (χ3n) is 1.29. The maximum absolute atomic E-state index is 10.7. The molecule has 0 aliphatic heterocycles. The first-order chi connectivity index (χ1) is 5.66. The molecule has 0 unspecified atom stereocenters. The average molecular weight is 185 g/mol. The Labute approximate surface area is 69.1 Å². The van der Waals surface area contributed by atoms with Crippen LogP contribution in [0.1, 0.15) is 10.5 Å². The van der Waals surface area contributed by atoms with Crippen molar-refractivity contribution in [3.05, 3.63) is 21.6 Å². The molecule has 2 heterocycles. The van der Waals surface area contributed by atoms with Crippen molar-refractivity contribution in [3.63, 3.8) is 0 Å². The summed E-state index contributed by atoms with van der Waals surface area (Å²) in [7, 11) is 0. The fraction of sp³-hybridized carbons (Fsp3) is 0. The molecule has 2 N–H and O–H groups in total. The van der Waals surface area contributed by atoms with Crippen LogP contribution in [-0.4, -0.2) is 25.7 Å². The molecular weight excluding hydrogens is 182 g/mol. The predicted molar refractivity (Wildman–Crippen MR) is 40.6 cm³/mol. The summed E-state index contributed by atoms with van der Waals surface area (Å²) in [4.78, 5) is 24.9. The van der Waals surface area contributed by atoms with Gasteiger partial charge in [0.2, 0.25) is 4.96 Å². The molecule has 0 aliphatic rings. The molecule has 0 saturated heterocycles. The molecule has 0 bridgehead atoms. The summed E-state index contributed by atoms with van der Waals surface area (Å²) in [5.41, 5.74) is -0.0718. The lowest BCUT2D eigenvalue weighted by atomic mass is 10.5. The molecule has 0 atom stereocenters. The van der Waals surface area contributed by atoms with E-state index in [2.05, 4.69) is 10.1 Å². The van der Waals surface area contributed by atoms with E-state index in [9.17, 15) is 9.59 Å². The topological polar surface area (TPSA) is 87.5 Å². The number of hydrogen-bond acceptors (Lipinski definition) is 4. The van der Waals surface area contributed by atoms with Crippen molar-refractivity contribution in [1.29, 1.82) is 0 Å². The zero-order valence-corrected chi connectivity index (χ0v) is 6.46. The highest BCUT2D eigenvalue weighted by Gasteiger charge is 2.09. The van der Waals surface area contributed by atoms with E-state index in [1.165, 1.54) is 10.7 Å². The molecule has 12 heavy (non-hydrogen) atoms. The molecule has 0 spiro atoms. The molecule has 0 aromatic carbocycles. The number of aromatic nitrogens is 3. The summed E-state index contributed by atoms with van der Waals surface area (Å²) in [5.74, 6) is -1.10. The maximum Gasteiger partial charge on any atom is 0.356 e. The minimum Gasteiger partial charge on any atom is -0.476 e. The predicted octanol–water partition coefficient (Wildman–Crippen LogP) is -0.218. The van der Waals surface area contributed by atoms with E-state index in [0.717, 1.165) is 11.3 Å². The standard InChI is InChI=1S/C5H3N3O3S/c9-3(10)2-1-8-4(6-2)12-5(11)7-8/h1H,(H,7,11)(H,9,10). The second kappa shape index (κ2) is 2.18. The van der Waals surface area contributed by atoms with Crippen LogP contribution in [-0.2, 0) is 0 Å². The summed E-state index contributed by atoms with van der Waals surface area (Å²) >= 11 is 0.868. The normalized spacial score (nSPS) is 10.7. The van der Waals surface area contributed by atoms with Crippen LogP contribution in [0.4, 0.5) is 0 Å². The van der Waals surface area contributed by atoms with Gasteiger partial charge in [-0.3, -0.25) is 4.79 Å². The van der Waals surface area contributed by atoms with Crippen LogP contribution >= 0.6 is 11.3 Å². The quantitative estimate of drug-likeness (QED) is 0.643.